The minimum atomic E-state index is -4.73. The van der Waals surface area contributed by atoms with E-state index in [2.05, 4.69) is 30.9 Å². The third kappa shape index (κ3) is 6.72. The van der Waals surface area contributed by atoms with Crippen LogP contribution in [0.5, 0.6) is 5.75 Å². The number of hydrogen-bond donors (Lipinski definition) is 1. The summed E-state index contributed by atoms with van der Waals surface area (Å²) in [6.07, 6.45) is -2.95. The number of aryl methyl sites for hydroxylation is 1. The fourth-order valence-corrected chi connectivity index (χ4v) is 3.17. The van der Waals surface area contributed by atoms with Gasteiger partial charge in [-0.3, -0.25) is 19.6 Å². The Hall–Kier alpha value is -2.65. The maximum Gasteiger partial charge on any atom is 0.573 e. The quantitative estimate of drug-likeness (QED) is 0.796. The van der Waals surface area contributed by atoms with E-state index in [1.165, 1.54) is 29.8 Å². The number of benzene rings is 1. The number of alkyl halides is 3. The largest absolute Gasteiger partial charge is 0.573 e. The molecule has 3 rings (SSSR count). The first kappa shape index (κ1) is 21.1. The van der Waals surface area contributed by atoms with E-state index in [0.717, 1.165) is 38.4 Å². The van der Waals surface area contributed by atoms with Crippen LogP contribution in [0, 0.1) is 6.92 Å². The first-order valence-corrected chi connectivity index (χ1v) is 9.29. The minimum absolute atomic E-state index is 0.203. The molecular formula is C20H23F3N4O2. The van der Waals surface area contributed by atoms with E-state index in [1.807, 2.05) is 13.0 Å². The summed E-state index contributed by atoms with van der Waals surface area (Å²) in [5, 5.41) is 2.70. The summed E-state index contributed by atoms with van der Waals surface area (Å²) in [5.74, 6) is -0.526. The van der Waals surface area contributed by atoms with Crippen molar-refractivity contribution in [2.45, 2.75) is 19.8 Å². The molecule has 0 atom stereocenters. The van der Waals surface area contributed by atoms with E-state index in [1.54, 1.807) is 6.20 Å². The molecule has 0 radical (unpaired) electrons. The van der Waals surface area contributed by atoms with Crippen LogP contribution < -0.4 is 10.1 Å². The van der Waals surface area contributed by atoms with Crippen LogP contribution in [0.4, 0.5) is 18.9 Å². The van der Waals surface area contributed by atoms with E-state index < -0.39 is 6.36 Å². The van der Waals surface area contributed by atoms with Gasteiger partial charge in [0.25, 0.3) is 0 Å². The second-order valence-corrected chi connectivity index (χ2v) is 6.92. The van der Waals surface area contributed by atoms with Crippen molar-refractivity contribution in [1.29, 1.82) is 0 Å². The van der Waals surface area contributed by atoms with E-state index in [-0.39, 0.29) is 18.2 Å². The van der Waals surface area contributed by atoms with Gasteiger partial charge in [0.1, 0.15) is 5.75 Å². The zero-order valence-corrected chi connectivity index (χ0v) is 16.1. The molecule has 156 valence electrons. The summed E-state index contributed by atoms with van der Waals surface area (Å²) < 4.78 is 40.3. The molecule has 1 aliphatic heterocycles. The average molecular weight is 408 g/mol. The smallest absolute Gasteiger partial charge is 0.406 e. The van der Waals surface area contributed by atoms with E-state index >= 15 is 0 Å². The zero-order valence-electron chi connectivity index (χ0n) is 16.1. The normalized spacial score (nSPS) is 15.9. The molecule has 1 fully saturated rings. The fourth-order valence-electron chi connectivity index (χ4n) is 3.17. The molecule has 0 bridgehead atoms. The van der Waals surface area contributed by atoms with Crippen molar-refractivity contribution < 1.29 is 22.7 Å². The van der Waals surface area contributed by atoms with Crippen molar-refractivity contribution in [3.63, 3.8) is 0 Å². The van der Waals surface area contributed by atoms with Gasteiger partial charge in [-0.25, -0.2) is 0 Å². The number of aromatic nitrogens is 1. The van der Waals surface area contributed by atoms with Gasteiger partial charge in [-0.2, -0.15) is 0 Å². The molecular weight excluding hydrogens is 385 g/mol. The van der Waals surface area contributed by atoms with Crippen LogP contribution >= 0.6 is 0 Å². The Bertz CT molecular complexity index is 819. The highest BCUT2D eigenvalue weighted by molar-refractivity contribution is 5.92. The van der Waals surface area contributed by atoms with Crippen LogP contribution in [0.3, 0.4) is 0 Å². The summed E-state index contributed by atoms with van der Waals surface area (Å²) in [6.45, 7) is 6.32. The van der Waals surface area contributed by atoms with Crippen LogP contribution in [-0.2, 0) is 11.3 Å². The molecule has 29 heavy (non-hydrogen) atoms. The molecule has 1 aromatic carbocycles. The van der Waals surface area contributed by atoms with Crippen LogP contribution in [0.15, 0.2) is 42.6 Å². The second-order valence-electron chi connectivity index (χ2n) is 6.92. The molecule has 0 unspecified atom stereocenters. The van der Waals surface area contributed by atoms with E-state index in [9.17, 15) is 18.0 Å². The minimum Gasteiger partial charge on any atom is -0.406 e. The van der Waals surface area contributed by atoms with Gasteiger partial charge in [-0.05, 0) is 42.8 Å². The van der Waals surface area contributed by atoms with Gasteiger partial charge in [0.2, 0.25) is 5.91 Å². The Balaban J connectivity index is 1.42. The monoisotopic (exact) mass is 408 g/mol. The Morgan fingerprint density at radius 1 is 1.10 bits per heavy atom. The molecule has 1 saturated heterocycles. The number of carbonyl (C=O) groups excluding carboxylic acids is 1. The first-order chi connectivity index (χ1) is 13.8. The highest BCUT2D eigenvalue weighted by Crippen LogP contribution is 2.24. The number of carbonyl (C=O) groups is 1. The summed E-state index contributed by atoms with van der Waals surface area (Å²) >= 11 is 0. The van der Waals surface area contributed by atoms with Crippen molar-refractivity contribution in [2.24, 2.45) is 0 Å². The molecule has 0 spiro atoms. The lowest BCUT2D eigenvalue weighted by Crippen LogP contribution is -2.48. The Labute approximate surface area is 167 Å². The van der Waals surface area contributed by atoms with Gasteiger partial charge >= 0.3 is 6.36 Å². The summed E-state index contributed by atoms with van der Waals surface area (Å²) in [4.78, 5) is 20.9. The molecule has 0 saturated carbocycles. The standard InChI is InChI=1S/C20H23F3N4O2/c1-15-16(3-2-8-24-15)13-26-9-11-27(12-10-26)14-19(28)25-17-4-6-18(7-5-17)29-20(21,22)23/h2-8H,9-14H2,1H3,(H,25,28). The van der Waals surface area contributed by atoms with Crippen LogP contribution in [0.25, 0.3) is 0 Å². The SMILES string of the molecule is Cc1ncccc1CN1CCN(CC(=O)Nc2ccc(OC(F)(F)F)cc2)CC1. The van der Waals surface area contributed by atoms with Gasteiger partial charge in [0, 0.05) is 50.3 Å². The molecule has 2 heterocycles. The summed E-state index contributed by atoms with van der Waals surface area (Å²) in [5.41, 5.74) is 2.66. The topological polar surface area (TPSA) is 57.7 Å². The molecule has 1 aliphatic rings. The molecule has 6 nitrogen and oxygen atoms in total. The van der Waals surface area contributed by atoms with Crippen molar-refractivity contribution in [2.75, 3.05) is 38.0 Å². The first-order valence-electron chi connectivity index (χ1n) is 9.29. The molecule has 9 heteroatoms. The lowest BCUT2D eigenvalue weighted by atomic mass is 10.2. The number of anilines is 1. The molecule has 1 aromatic heterocycles. The number of amides is 1. The Kier molecular flexibility index (Phi) is 6.71. The van der Waals surface area contributed by atoms with Crippen molar-refractivity contribution in [3.8, 4) is 5.75 Å². The van der Waals surface area contributed by atoms with Gasteiger partial charge in [-0.15, -0.1) is 13.2 Å². The second kappa shape index (κ2) is 9.23. The van der Waals surface area contributed by atoms with Crippen LogP contribution in [0.1, 0.15) is 11.3 Å². The number of nitrogens with one attached hydrogen (secondary N) is 1. The van der Waals surface area contributed by atoms with E-state index in [0.29, 0.717) is 5.69 Å². The van der Waals surface area contributed by atoms with E-state index in [4.69, 9.17) is 0 Å². The Morgan fingerprint density at radius 3 is 2.38 bits per heavy atom. The Morgan fingerprint density at radius 2 is 1.76 bits per heavy atom. The average Bonchev–Trinajstić information content (AvgIpc) is 2.65. The number of rotatable bonds is 6. The highest BCUT2D eigenvalue weighted by atomic mass is 19.4. The predicted molar refractivity (Wildman–Crippen MR) is 102 cm³/mol. The van der Waals surface area contributed by atoms with Crippen molar-refractivity contribution >= 4 is 11.6 Å². The number of nitrogens with zero attached hydrogens (tertiary/aromatic N) is 3. The van der Waals surface area contributed by atoms with Gasteiger partial charge in [0.05, 0.1) is 6.54 Å². The van der Waals surface area contributed by atoms with Crippen LogP contribution in [0.2, 0.25) is 0 Å². The molecule has 1 N–H and O–H groups in total. The highest BCUT2D eigenvalue weighted by Gasteiger charge is 2.31. The fraction of sp³-hybridized carbons (Fsp3) is 0.400. The number of hydrogen-bond acceptors (Lipinski definition) is 5. The van der Waals surface area contributed by atoms with Crippen LogP contribution in [-0.4, -0.2) is 59.8 Å². The zero-order chi connectivity index (χ0) is 20.9. The third-order valence-corrected chi connectivity index (χ3v) is 4.71. The van der Waals surface area contributed by atoms with Gasteiger partial charge in [0.15, 0.2) is 0 Å². The lowest BCUT2D eigenvalue weighted by Gasteiger charge is -2.34. The molecule has 0 aliphatic carbocycles. The number of ether oxygens (including phenoxy) is 1. The number of pyridine rings is 1. The lowest BCUT2D eigenvalue weighted by molar-refractivity contribution is -0.274. The third-order valence-electron chi connectivity index (χ3n) is 4.71. The number of halogens is 3. The molecule has 1 amide bonds. The maximum absolute atomic E-state index is 12.2. The van der Waals surface area contributed by atoms with Gasteiger partial charge < -0.3 is 10.1 Å². The maximum atomic E-state index is 12.2. The number of piperazine rings is 1. The van der Waals surface area contributed by atoms with Crippen molar-refractivity contribution in [1.82, 2.24) is 14.8 Å². The predicted octanol–water partition coefficient (Wildman–Crippen LogP) is 3.04. The molecule has 2 aromatic rings. The summed E-state index contributed by atoms with van der Waals surface area (Å²) in [7, 11) is 0. The van der Waals surface area contributed by atoms with Gasteiger partial charge in [-0.1, -0.05) is 6.07 Å². The summed E-state index contributed by atoms with van der Waals surface area (Å²) in [6, 6.07) is 9.11. The van der Waals surface area contributed by atoms with Crippen molar-refractivity contribution in [3.05, 3.63) is 53.9 Å².